The first-order valence-corrected chi connectivity index (χ1v) is 6.41. The molecule has 1 heteroatoms. The highest BCUT2D eigenvalue weighted by Crippen LogP contribution is 2.23. The van der Waals surface area contributed by atoms with Gasteiger partial charge < -0.3 is 0 Å². The molecule has 0 saturated heterocycles. The van der Waals surface area contributed by atoms with Crippen LogP contribution in [-0.4, -0.2) is 6.29 Å². The quantitative estimate of drug-likeness (QED) is 0.398. The van der Waals surface area contributed by atoms with Crippen LogP contribution >= 0.6 is 0 Å². The normalized spacial score (nSPS) is 12.2. The van der Waals surface area contributed by atoms with Gasteiger partial charge in [-0.05, 0) is 49.0 Å². The van der Waals surface area contributed by atoms with E-state index in [1.807, 2.05) is 12.1 Å². The fourth-order valence-corrected chi connectivity index (χ4v) is 2.07. The number of hydrogen-bond donors (Lipinski definition) is 0. The topological polar surface area (TPSA) is 17.1 Å². The zero-order valence-corrected chi connectivity index (χ0v) is 11.1. The number of unbranched alkanes of at least 4 members (excludes halogenated alkanes) is 2. The highest BCUT2D eigenvalue weighted by molar-refractivity contribution is 5.88. The third-order valence-corrected chi connectivity index (χ3v) is 3.22. The summed E-state index contributed by atoms with van der Waals surface area (Å²) in [5.74, 6) is 0. The molecule has 1 aromatic rings. The summed E-state index contributed by atoms with van der Waals surface area (Å²) in [4.78, 5) is 11.2. The summed E-state index contributed by atoms with van der Waals surface area (Å²) in [6.45, 7) is 6.32. The van der Waals surface area contributed by atoms with Gasteiger partial charge >= 0.3 is 0 Å². The maximum atomic E-state index is 11.2. The molecule has 0 aliphatic carbocycles. The Labute approximate surface area is 105 Å². The van der Waals surface area contributed by atoms with Gasteiger partial charge in [0, 0.05) is 0 Å². The lowest BCUT2D eigenvalue weighted by Gasteiger charge is -2.09. The molecular weight excluding hydrogens is 208 g/mol. The lowest BCUT2D eigenvalue weighted by atomic mass is 9.95. The summed E-state index contributed by atoms with van der Waals surface area (Å²) < 4.78 is 0. The third-order valence-electron chi connectivity index (χ3n) is 3.22. The van der Waals surface area contributed by atoms with Crippen molar-refractivity contribution in [1.82, 2.24) is 0 Å². The second kappa shape index (κ2) is 7.05. The lowest BCUT2D eigenvalue weighted by molar-refractivity contribution is -0.105. The van der Waals surface area contributed by atoms with Gasteiger partial charge in [0.05, 0.1) is 0 Å². The van der Waals surface area contributed by atoms with E-state index in [1.165, 1.54) is 24.0 Å². The Morgan fingerprint density at radius 1 is 1.24 bits per heavy atom. The molecule has 0 aromatic heterocycles. The van der Waals surface area contributed by atoms with Crippen molar-refractivity contribution in [3.8, 4) is 0 Å². The molecule has 0 aliphatic heterocycles. The van der Waals surface area contributed by atoms with Gasteiger partial charge in [0.25, 0.3) is 0 Å². The van der Waals surface area contributed by atoms with Gasteiger partial charge in [0.2, 0.25) is 0 Å². The first kappa shape index (κ1) is 13.7. The molecule has 1 aromatic carbocycles. The van der Waals surface area contributed by atoms with Gasteiger partial charge in [-0.25, -0.2) is 0 Å². The van der Waals surface area contributed by atoms with E-state index in [2.05, 4.69) is 32.9 Å². The van der Waals surface area contributed by atoms with Crippen LogP contribution in [0.4, 0.5) is 0 Å². The van der Waals surface area contributed by atoms with Crippen LogP contribution in [0.1, 0.15) is 50.7 Å². The molecule has 0 saturated carbocycles. The Morgan fingerprint density at radius 3 is 2.53 bits per heavy atom. The summed E-state index contributed by atoms with van der Waals surface area (Å²) in [5.41, 5.74) is 4.52. The van der Waals surface area contributed by atoms with Crippen molar-refractivity contribution in [1.29, 1.82) is 0 Å². The van der Waals surface area contributed by atoms with Gasteiger partial charge in [0.1, 0.15) is 6.29 Å². The summed E-state index contributed by atoms with van der Waals surface area (Å²) in [7, 11) is 0. The zero-order valence-electron chi connectivity index (χ0n) is 11.1. The van der Waals surface area contributed by atoms with Gasteiger partial charge in [-0.15, -0.1) is 0 Å². The van der Waals surface area contributed by atoms with Gasteiger partial charge in [-0.1, -0.05) is 44.0 Å². The highest BCUT2D eigenvalue weighted by Gasteiger charge is 2.06. The minimum Gasteiger partial charge on any atom is -0.298 e. The Bertz CT molecular complexity index is 402. The van der Waals surface area contributed by atoms with Crippen LogP contribution in [0.15, 0.2) is 29.8 Å². The van der Waals surface area contributed by atoms with Crippen molar-refractivity contribution in [2.24, 2.45) is 0 Å². The molecule has 0 fully saturated rings. The SMILES string of the molecule is CCCCC/C(C=O)=C(\C)c1ccccc1C. The molecular formula is C16H22O. The van der Waals surface area contributed by atoms with E-state index in [0.717, 1.165) is 30.3 Å². The highest BCUT2D eigenvalue weighted by atomic mass is 16.1. The molecule has 17 heavy (non-hydrogen) atoms. The molecule has 92 valence electrons. The average molecular weight is 230 g/mol. The molecule has 0 radical (unpaired) electrons. The first-order chi connectivity index (χ1) is 8.20. The van der Waals surface area contributed by atoms with Crippen LogP contribution in [0.2, 0.25) is 0 Å². The molecule has 0 amide bonds. The summed E-state index contributed by atoms with van der Waals surface area (Å²) in [6.07, 6.45) is 5.41. The fraction of sp³-hybridized carbons (Fsp3) is 0.438. The summed E-state index contributed by atoms with van der Waals surface area (Å²) in [5, 5.41) is 0. The lowest BCUT2D eigenvalue weighted by Crippen LogP contribution is -1.94. The van der Waals surface area contributed by atoms with Crippen molar-refractivity contribution >= 4 is 11.9 Å². The zero-order chi connectivity index (χ0) is 12.7. The molecule has 0 heterocycles. The van der Waals surface area contributed by atoms with E-state index < -0.39 is 0 Å². The number of aryl methyl sites for hydroxylation is 1. The predicted octanol–water partition coefficient (Wildman–Crippen LogP) is 4.55. The number of carbonyl (C=O) groups is 1. The van der Waals surface area contributed by atoms with E-state index in [0.29, 0.717) is 0 Å². The molecule has 0 atom stereocenters. The van der Waals surface area contributed by atoms with Crippen molar-refractivity contribution in [2.45, 2.75) is 46.5 Å². The third kappa shape index (κ3) is 3.85. The molecule has 0 bridgehead atoms. The van der Waals surface area contributed by atoms with E-state index in [1.54, 1.807) is 0 Å². The Morgan fingerprint density at radius 2 is 1.94 bits per heavy atom. The average Bonchev–Trinajstić information content (AvgIpc) is 2.35. The largest absolute Gasteiger partial charge is 0.298 e. The smallest absolute Gasteiger partial charge is 0.146 e. The standard InChI is InChI=1S/C16H22O/c1-4-5-6-10-15(12-17)14(3)16-11-8-7-9-13(16)2/h7-9,11-12H,4-6,10H2,1-3H3/b15-14-. The minimum absolute atomic E-state index is 0.900. The van der Waals surface area contributed by atoms with E-state index in [9.17, 15) is 4.79 Å². The van der Waals surface area contributed by atoms with Crippen LogP contribution in [0.5, 0.6) is 0 Å². The second-order valence-corrected chi connectivity index (χ2v) is 4.54. The van der Waals surface area contributed by atoms with Gasteiger partial charge in [-0.3, -0.25) is 4.79 Å². The number of aldehydes is 1. The maximum Gasteiger partial charge on any atom is 0.146 e. The van der Waals surface area contributed by atoms with Crippen LogP contribution in [0.25, 0.3) is 5.57 Å². The van der Waals surface area contributed by atoms with Gasteiger partial charge in [-0.2, -0.15) is 0 Å². The molecule has 0 spiro atoms. The van der Waals surface area contributed by atoms with Crippen LogP contribution in [0, 0.1) is 6.92 Å². The Kier molecular flexibility index (Phi) is 5.68. The maximum absolute atomic E-state index is 11.2. The van der Waals surface area contributed by atoms with Crippen LogP contribution in [-0.2, 0) is 4.79 Å². The minimum atomic E-state index is 0.900. The monoisotopic (exact) mass is 230 g/mol. The first-order valence-electron chi connectivity index (χ1n) is 6.41. The number of rotatable bonds is 6. The second-order valence-electron chi connectivity index (χ2n) is 4.54. The van der Waals surface area contributed by atoms with Crippen LogP contribution < -0.4 is 0 Å². The van der Waals surface area contributed by atoms with Crippen molar-refractivity contribution in [3.63, 3.8) is 0 Å². The fourth-order valence-electron chi connectivity index (χ4n) is 2.07. The van der Waals surface area contributed by atoms with Crippen molar-refractivity contribution in [3.05, 3.63) is 41.0 Å². The number of carbonyl (C=O) groups excluding carboxylic acids is 1. The Hall–Kier alpha value is -1.37. The van der Waals surface area contributed by atoms with Gasteiger partial charge in [0.15, 0.2) is 0 Å². The van der Waals surface area contributed by atoms with Crippen molar-refractivity contribution < 1.29 is 4.79 Å². The molecule has 1 nitrogen and oxygen atoms in total. The van der Waals surface area contributed by atoms with E-state index >= 15 is 0 Å². The predicted molar refractivity (Wildman–Crippen MR) is 74.0 cm³/mol. The molecule has 0 unspecified atom stereocenters. The summed E-state index contributed by atoms with van der Waals surface area (Å²) in [6, 6.07) is 8.24. The number of benzene rings is 1. The van der Waals surface area contributed by atoms with E-state index in [-0.39, 0.29) is 0 Å². The molecule has 0 N–H and O–H groups in total. The number of allylic oxidation sites excluding steroid dienone is 2. The van der Waals surface area contributed by atoms with Crippen LogP contribution in [0.3, 0.4) is 0 Å². The Balaban J connectivity index is 2.92. The summed E-state index contributed by atoms with van der Waals surface area (Å²) >= 11 is 0. The number of hydrogen-bond acceptors (Lipinski definition) is 1. The molecule has 1 rings (SSSR count). The van der Waals surface area contributed by atoms with Crippen molar-refractivity contribution in [2.75, 3.05) is 0 Å². The molecule has 0 aliphatic rings. The van der Waals surface area contributed by atoms with E-state index in [4.69, 9.17) is 0 Å².